The standard InChI is InChI=1S/C16H18ClNO2/c1-3-4-12-5-7-13(8-6-12)18-16(19)15-10-9-14(20-15)11(2)17/h5-11H,3-4H2,1-2H3,(H,18,19). The molecule has 0 saturated heterocycles. The second kappa shape index (κ2) is 6.62. The fraction of sp³-hybridized carbons (Fsp3) is 0.312. The van der Waals surface area contributed by atoms with E-state index in [1.165, 1.54) is 5.56 Å². The molecule has 0 aliphatic rings. The number of alkyl halides is 1. The molecule has 106 valence electrons. The first-order valence-electron chi connectivity index (χ1n) is 6.74. The molecular formula is C16H18ClNO2. The molecule has 0 bridgehead atoms. The first kappa shape index (κ1) is 14.7. The maximum absolute atomic E-state index is 12.0. The van der Waals surface area contributed by atoms with Gasteiger partial charge >= 0.3 is 0 Å². The highest BCUT2D eigenvalue weighted by Crippen LogP contribution is 2.22. The van der Waals surface area contributed by atoms with Crippen LogP contribution in [0.1, 0.15) is 47.5 Å². The maximum Gasteiger partial charge on any atom is 0.291 e. The average Bonchev–Trinajstić information content (AvgIpc) is 2.91. The lowest BCUT2D eigenvalue weighted by atomic mass is 10.1. The molecule has 3 nitrogen and oxygen atoms in total. The molecule has 0 radical (unpaired) electrons. The lowest BCUT2D eigenvalue weighted by Gasteiger charge is -2.05. The van der Waals surface area contributed by atoms with E-state index in [1.807, 2.05) is 24.3 Å². The van der Waals surface area contributed by atoms with Gasteiger partial charge in [-0.25, -0.2) is 0 Å². The lowest BCUT2D eigenvalue weighted by molar-refractivity contribution is 0.0995. The normalized spacial score (nSPS) is 12.2. The van der Waals surface area contributed by atoms with Crippen LogP contribution in [0.15, 0.2) is 40.8 Å². The largest absolute Gasteiger partial charge is 0.454 e. The molecule has 1 N–H and O–H groups in total. The summed E-state index contributed by atoms with van der Waals surface area (Å²) in [5, 5.41) is 2.56. The van der Waals surface area contributed by atoms with Crippen molar-refractivity contribution >= 4 is 23.2 Å². The molecule has 1 amide bonds. The predicted molar refractivity (Wildman–Crippen MR) is 81.4 cm³/mol. The maximum atomic E-state index is 12.0. The molecule has 1 heterocycles. The fourth-order valence-corrected chi connectivity index (χ4v) is 2.04. The number of amides is 1. The summed E-state index contributed by atoms with van der Waals surface area (Å²) in [6, 6.07) is 11.2. The summed E-state index contributed by atoms with van der Waals surface area (Å²) in [5.74, 6) is 0.594. The zero-order chi connectivity index (χ0) is 14.5. The van der Waals surface area contributed by atoms with Gasteiger partial charge < -0.3 is 9.73 Å². The Morgan fingerprint density at radius 2 is 1.95 bits per heavy atom. The molecule has 0 fully saturated rings. The number of hydrogen-bond acceptors (Lipinski definition) is 2. The van der Waals surface area contributed by atoms with Crippen LogP contribution < -0.4 is 5.32 Å². The summed E-state index contributed by atoms with van der Waals surface area (Å²) in [6.07, 6.45) is 2.15. The van der Waals surface area contributed by atoms with Gasteiger partial charge in [-0.1, -0.05) is 25.5 Å². The number of furan rings is 1. The van der Waals surface area contributed by atoms with Crippen molar-refractivity contribution in [3.63, 3.8) is 0 Å². The van der Waals surface area contributed by atoms with E-state index in [0.717, 1.165) is 18.5 Å². The number of hydrogen-bond donors (Lipinski definition) is 1. The van der Waals surface area contributed by atoms with Gasteiger partial charge in [0.25, 0.3) is 5.91 Å². The summed E-state index contributed by atoms with van der Waals surface area (Å²) in [6.45, 7) is 3.94. The molecule has 0 aliphatic carbocycles. The monoisotopic (exact) mass is 291 g/mol. The van der Waals surface area contributed by atoms with Crippen LogP contribution in [0.25, 0.3) is 0 Å². The third kappa shape index (κ3) is 3.64. The first-order chi connectivity index (χ1) is 9.60. The number of rotatable bonds is 5. The summed E-state index contributed by atoms with van der Waals surface area (Å²) in [5.41, 5.74) is 2.02. The number of aryl methyl sites for hydroxylation is 1. The van der Waals surface area contributed by atoms with Crippen LogP contribution in [-0.4, -0.2) is 5.91 Å². The van der Waals surface area contributed by atoms with Crippen molar-refractivity contribution in [1.29, 1.82) is 0 Å². The number of nitrogens with one attached hydrogen (secondary N) is 1. The summed E-state index contributed by atoms with van der Waals surface area (Å²) < 4.78 is 5.40. The molecular weight excluding hydrogens is 274 g/mol. The second-order valence-corrected chi connectivity index (χ2v) is 5.37. The SMILES string of the molecule is CCCc1ccc(NC(=O)c2ccc(C(C)Cl)o2)cc1. The Balaban J connectivity index is 2.03. The number of benzene rings is 1. The molecule has 0 aliphatic heterocycles. The van der Waals surface area contributed by atoms with E-state index >= 15 is 0 Å². The third-order valence-corrected chi connectivity index (χ3v) is 3.21. The van der Waals surface area contributed by atoms with Gasteiger partial charge in [-0.3, -0.25) is 4.79 Å². The second-order valence-electron chi connectivity index (χ2n) is 4.72. The molecule has 20 heavy (non-hydrogen) atoms. The van der Waals surface area contributed by atoms with E-state index in [0.29, 0.717) is 5.76 Å². The van der Waals surface area contributed by atoms with Gasteiger partial charge in [0.15, 0.2) is 5.76 Å². The molecule has 0 spiro atoms. The van der Waals surface area contributed by atoms with Crippen molar-refractivity contribution in [2.45, 2.75) is 32.1 Å². The topological polar surface area (TPSA) is 42.2 Å². The third-order valence-electron chi connectivity index (χ3n) is 2.99. The predicted octanol–water partition coefficient (Wildman–Crippen LogP) is 4.78. The van der Waals surface area contributed by atoms with Gasteiger partial charge in [0, 0.05) is 5.69 Å². The van der Waals surface area contributed by atoms with Crippen LogP contribution in [0.5, 0.6) is 0 Å². The minimum Gasteiger partial charge on any atom is -0.454 e. The molecule has 2 rings (SSSR count). The van der Waals surface area contributed by atoms with Crippen molar-refractivity contribution in [2.24, 2.45) is 0 Å². The van der Waals surface area contributed by atoms with Crippen LogP contribution in [0.4, 0.5) is 5.69 Å². The molecule has 2 aromatic rings. The zero-order valence-electron chi connectivity index (χ0n) is 11.7. The Kier molecular flexibility index (Phi) is 4.85. The Morgan fingerprint density at radius 1 is 1.25 bits per heavy atom. The van der Waals surface area contributed by atoms with Crippen LogP contribution in [0.3, 0.4) is 0 Å². The molecule has 1 aromatic heterocycles. The molecule has 4 heteroatoms. The summed E-state index contributed by atoms with van der Waals surface area (Å²) in [7, 11) is 0. The van der Waals surface area contributed by atoms with Gasteiger partial charge in [-0.2, -0.15) is 0 Å². The van der Waals surface area contributed by atoms with E-state index in [4.69, 9.17) is 16.0 Å². The minimum atomic E-state index is -0.267. The first-order valence-corrected chi connectivity index (χ1v) is 7.18. The quantitative estimate of drug-likeness (QED) is 0.805. The average molecular weight is 292 g/mol. The molecule has 1 atom stereocenters. The highest BCUT2D eigenvalue weighted by molar-refractivity contribution is 6.20. The van der Waals surface area contributed by atoms with Crippen molar-refractivity contribution in [2.75, 3.05) is 5.32 Å². The number of carbonyl (C=O) groups excluding carboxylic acids is 1. The molecule has 1 unspecified atom stereocenters. The van der Waals surface area contributed by atoms with Gasteiger partial charge in [-0.05, 0) is 43.2 Å². The van der Waals surface area contributed by atoms with Gasteiger partial charge in [0.2, 0.25) is 0 Å². The Hall–Kier alpha value is -1.74. The van der Waals surface area contributed by atoms with E-state index in [2.05, 4.69) is 12.2 Å². The highest BCUT2D eigenvalue weighted by atomic mass is 35.5. The Labute approximate surface area is 123 Å². The van der Waals surface area contributed by atoms with Gasteiger partial charge in [0.05, 0.1) is 5.38 Å². The van der Waals surface area contributed by atoms with Crippen LogP contribution >= 0.6 is 11.6 Å². The number of anilines is 1. The van der Waals surface area contributed by atoms with Crippen molar-refractivity contribution in [1.82, 2.24) is 0 Å². The van der Waals surface area contributed by atoms with Crippen LogP contribution in [-0.2, 0) is 6.42 Å². The number of halogens is 1. The zero-order valence-corrected chi connectivity index (χ0v) is 12.4. The minimum absolute atomic E-state index is 0.245. The van der Waals surface area contributed by atoms with E-state index < -0.39 is 0 Å². The lowest BCUT2D eigenvalue weighted by Crippen LogP contribution is -2.10. The number of carbonyl (C=O) groups is 1. The van der Waals surface area contributed by atoms with E-state index in [-0.39, 0.29) is 17.0 Å². The van der Waals surface area contributed by atoms with E-state index in [1.54, 1.807) is 19.1 Å². The van der Waals surface area contributed by atoms with E-state index in [9.17, 15) is 4.79 Å². The summed E-state index contributed by atoms with van der Waals surface area (Å²) >= 11 is 5.90. The van der Waals surface area contributed by atoms with Crippen molar-refractivity contribution < 1.29 is 9.21 Å². The van der Waals surface area contributed by atoms with Crippen LogP contribution in [0, 0.1) is 0 Å². The van der Waals surface area contributed by atoms with Crippen molar-refractivity contribution in [3.05, 3.63) is 53.5 Å². The smallest absolute Gasteiger partial charge is 0.291 e. The van der Waals surface area contributed by atoms with Crippen molar-refractivity contribution in [3.8, 4) is 0 Å². The van der Waals surface area contributed by atoms with Gasteiger partial charge in [0.1, 0.15) is 5.76 Å². The fourth-order valence-electron chi connectivity index (χ4n) is 1.92. The highest BCUT2D eigenvalue weighted by Gasteiger charge is 2.13. The molecule has 1 aromatic carbocycles. The Morgan fingerprint density at radius 3 is 2.50 bits per heavy atom. The van der Waals surface area contributed by atoms with Gasteiger partial charge in [-0.15, -0.1) is 11.6 Å². The molecule has 0 saturated carbocycles. The van der Waals surface area contributed by atoms with Crippen LogP contribution in [0.2, 0.25) is 0 Å². The summed E-state index contributed by atoms with van der Waals surface area (Å²) in [4.78, 5) is 12.0. The Bertz CT molecular complexity index is 572.